The molecule has 1 atom stereocenters. The first kappa shape index (κ1) is 20.8. The zero-order valence-corrected chi connectivity index (χ0v) is 15.8. The summed E-state index contributed by atoms with van der Waals surface area (Å²) < 4.78 is 22.4. The van der Waals surface area contributed by atoms with E-state index in [4.69, 9.17) is 16.7 Å². The van der Waals surface area contributed by atoms with Crippen molar-refractivity contribution in [2.75, 3.05) is 5.32 Å². The Morgan fingerprint density at radius 1 is 1.26 bits per heavy atom. The van der Waals surface area contributed by atoms with E-state index in [9.17, 15) is 23.3 Å². The molecular formula is C16H17ClN4O5S. The third-order valence-corrected chi connectivity index (χ3v) is 4.93. The normalized spacial score (nSPS) is 12.4. The summed E-state index contributed by atoms with van der Waals surface area (Å²) in [5.74, 6) is -0.432. The van der Waals surface area contributed by atoms with Crippen LogP contribution in [-0.2, 0) is 21.4 Å². The molecule has 11 heteroatoms. The van der Waals surface area contributed by atoms with Crippen molar-refractivity contribution in [1.82, 2.24) is 5.32 Å². The quantitative estimate of drug-likeness (QED) is 0.468. The van der Waals surface area contributed by atoms with E-state index >= 15 is 0 Å². The Labute approximate surface area is 160 Å². The predicted molar refractivity (Wildman–Crippen MR) is 101 cm³/mol. The number of carbonyl (C=O) groups excluding carboxylic acids is 1. The summed E-state index contributed by atoms with van der Waals surface area (Å²) in [4.78, 5) is 22.5. The van der Waals surface area contributed by atoms with Gasteiger partial charge in [-0.2, -0.15) is 0 Å². The monoisotopic (exact) mass is 412 g/mol. The minimum Gasteiger partial charge on any atom is -0.323 e. The second-order valence-electron chi connectivity index (χ2n) is 5.70. The van der Waals surface area contributed by atoms with Crippen LogP contribution in [0.5, 0.6) is 0 Å². The van der Waals surface area contributed by atoms with Crippen LogP contribution in [0.3, 0.4) is 0 Å². The van der Waals surface area contributed by atoms with Gasteiger partial charge in [-0.05, 0) is 30.7 Å². The minimum absolute atomic E-state index is 0.00245. The molecule has 27 heavy (non-hydrogen) atoms. The van der Waals surface area contributed by atoms with Crippen LogP contribution in [0, 0.1) is 10.1 Å². The molecule has 2 aromatic rings. The Morgan fingerprint density at radius 3 is 2.44 bits per heavy atom. The van der Waals surface area contributed by atoms with E-state index in [2.05, 4.69) is 10.6 Å². The molecule has 144 valence electrons. The maximum Gasteiger partial charge on any atom is 0.271 e. The standard InChI is InChI=1S/C16H17ClN4O5S/c1-10(19-9-11-2-5-13(6-3-11)27(18,25)26)16(22)20-15-8-12(21(23)24)4-7-14(15)17/h2-8,10,19H,9H2,1H3,(H,20,22)(H2,18,25,26)/t10-/m1/s1. The van der Waals surface area contributed by atoms with Crippen molar-refractivity contribution in [3.8, 4) is 0 Å². The fourth-order valence-electron chi connectivity index (χ4n) is 2.12. The van der Waals surface area contributed by atoms with E-state index in [0.717, 1.165) is 5.56 Å². The lowest BCUT2D eigenvalue weighted by Crippen LogP contribution is -2.37. The molecule has 0 fully saturated rings. The van der Waals surface area contributed by atoms with Crippen molar-refractivity contribution in [3.05, 3.63) is 63.2 Å². The molecule has 1 amide bonds. The molecular weight excluding hydrogens is 396 g/mol. The lowest BCUT2D eigenvalue weighted by molar-refractivity contribution is -0.384. The molecule has 2 rings (SSSR count). The number of sulfonamides is 1. The number of anilines is 1. The van der Waals surface area contributed by atoms with Crippen LogP contribution >= 0.6 is 11.6 Å². The molecule has 0 radical (unpaired) electrons. The van der Waals surface area contributed by atoms with Crippen molar-refractivity contribution < 1.29 is 18.1 Å². The summed E-state index contributed by atoms with van der Waals surface area (Å²) in [6, 6.07) is 9.02. The van der Waals surface area contributed by atoms with Crippen LogP contribution in [0.1, 0.15) is 12.5 Å². The van der Waals surface area contributed by atoms with Gasteiger partial charge in [-0.15, -0.1) is 0 Å². The highest BCUT2D eigenvalue weighted by Gasteiger charge is 2.16. The molecule has 9 nitrogen and oxygen atoms in total. The Kier molecular flexibility index (Phi) is 6.50. The van der Waals surface area contributed by atoms with E-state index in [1.807, 2.05) is 0 Å². The average Bonchev–Trinajstić information content (AvgIpc) is 2.60. The topological polar surface area (TPSA) is 144 Å². The van der Waals surface area contributed by atoms with Gasteiger partial charge in [0.2, 0.25) is 15.9 Å². The summed E-state index contributed by atoms with van der Waals surface area (Å²) in [5, 5.41) is 21.5. The highest BCUT2D eigenvalue weighted by Crippen LogP contribution is 2.26. The van der Waals surface area contributed by atoms with Gasteiger partial charge >= 0.3 is 0 Å². The zero-order valence-electron chi connectivity index (χ0n) is 14.2. The largest absolute Gasteiger partial charge is 0.323 e. The second-order valence-corrected chi connectivity index (χ2v) is 7.67. The van der Waals surface area contributed by atoms with Crippen molar-refractivity contribution >= 4 is 38.9 Å². The molecule has 2 aromatic carbocycles. The fourth-order valence-corrected chi connectivity index (χ4v) is 2.80. The van der Waals surface area contributed by atoms with E-state index in [1.54, 1.807) is 19.1 Å². The van der Waals surface area contributed by atoms with Gasteiger partial charge in [0.1, 0.15) is 0 Å². The summed E-state index contributed by atoms with van der Waals surface area (Å²) in [6.07, 6.45) is 0. The molecule has 0 heterocycles. The van der Waals surface area contributed by atoms with E-state index < -0.39 is 26.9 Å². The molecule has 0 unspecified atom stereocenters. The number of halogens is 1. The SMILES string of the molecule is C[C@@H](NCc1ccc(S(N)(=O)=O)cc1)C(=O)Nc1cc([N+](=O)[O-])ccc1Cl. The van der Waals surface area contributed by atoms with E-state index in [-0.39, 0.29) is 21.3 Å². The van der Waals surface area contributed by atoms with Crippen LogP contribution in [0.25, 0.3) is 0 Å². The first-order valence-electron chi connectivity index (χ1n) is 7.68. The van der Waals surface area contributed by atoms with Crippen molar-refractivity contribution in [3.63, 3.8) is 0 Å². The zero-order chi connectivity index (χ0) is 20.2. The van der Waals surface area contributed by atoms with Gasteiger partial charge in [0.15, 0.2) is 0 Å². The number of carbonyl (C=O) groups is 1. The molecule has 0 bridgehead atoms. The van der Waals surface area contributed by atoms with Gasteiger partial charge in [0.05, 0.1) is 26.6 Å². The second kappa shape index (κ2) is 8.44. The summed E-state index contributed by atoms with van der Waals surface area (Å²) >= 11 is 5.96. The first-order chi connectivity index (χ1) is 12.6. The highest BCUT2D eigenvalue weighted by molar-refractivity contribution is 7.89. The number of hydrogen-bond acceptors (Lipinski definition) is 6. The number of nitrogens with two attached hydrogens (primary N) is 1. The Bertz CT molecular complexity index is 963. The number of nitro groups is 1. The number of nitro benzene ring substituents is 1. The number of benzene rings is 2. The van der Waals surface area contributed by atoms with Crippen molar-refractivity contribution in [2.24, 2.45) is 5.14 Å². The Hall–Kier alpha value is -2.53. The third kappa shape index (κ3) is 5.73. The number of non-ortho nitro benzene ring substituents is 1. The number of hydrogen-bond donors (Lipinski definition) is 3. The summed E-state index contributed by atoms with van der Waals surface area (Å²) in [7, 11) is -3.76. The lowest BCUT2D eigenvalue weighted by atomic mass is 10.2. The van der Waals surface area contributed by atoms with Crippen LogP contribution in [0.15, 0.2) is 47.4 Å². The van der Waals surface area contributed by atoms with Crippen LogP contribution in [0.4, 0.5) is 11.4 Å². The minimum atomic E-state index is -3.76. The average molecular weight is 413 g/mol. The lowest BCUT2D eigenvalue weighted by Gasteiger charge is -2.15. The number of primary sulfonamides is 1. The smallest absolute Gasteiger partial charge is 0.271 e. The first-order valence-corrected chi connectivity index (χ1v) is 9.60. The number of rotatable bonds is 7. The maximum absolute atomic E-state index is 12.3. The van der Waals surface area contributed by atoms with E-state index in [0.29, 0.717) is 6.54 Å². The summed E-state index contributed by atoms with van der Waals surface area (Å²) in [5.41, 5.74) is 0.697. The van der Waals surface area contributed by atoms with Crippen LogP contribution in [0.2, 0.25) is 5.02 Å². The molecule has 0 aliphatic heterocycles. The Balaban J connectivity index is 1.98. The van der Waals surface area contributed by atoms with Crippen LogP contribution in [-0.4, -0.2) is 25.3 Å². The van der Waals surface area contributed by atoms with Gasteiger partial charge < -0.3 is 10.6 Å². The van der Waals surface area contributed by atoms with Crippen molar-refractivity contribution in [1.29, 1.82) is 0 Å². The number of amides is 1. The van der Waals surface area contributed by atoms with Gasteiger partial charge in [-0.25, -0.2) is 13.6 Å². The third-order valence-electron chi connectivity index (χ3n) is 3.68. The fraction of sp³-hybridized carbons (Fsp3) is 0.188. The summed E-state index contributed by atoms with van der Waals surface area (Å²) in [6.45, 7) is 1.90. The molecule has 0 saturated carbocycles. The van der Waals surface area contributed by atoms with Gasteiger partial charge in [0, 0.05) is 18.7 Å². The molecule has 0 aliphatic rings. The molecule has 0 saturated heterocycles. The molecule has 4 N–H and O–H groups in total. The van der Waals surface area contributed by atoms with Gasteiger partial charge in [-0.3, -0.25) is 14.9 Å². The highest BCUT2D eigenvalue weighted by atomic mass is 35.5. The Morgan fingerprint density at radius 2 is 1.89 bits per heavy atom. The van der Waals surface area contributed by atoms with E-state index in [1.165, 1.54) is 30.3 Å². The number of nitrogens with zero attached hydrogens (tertiary/aromatic N) is 1. The van der Waals surface area contributed by atoms with Crippen LogP contribution < -0.4 is 15.8 Å². The molecule has 0 spiro atoms. The van der Waals surface area contributed by atoms with Gasteiger partial charge in [0.25, 0.3) is 5.69 Å². The van der Waals surface area contributed by atoms with Gasteiger partial charge in [-0.1, -0.05) is 23.7 Å². The molecule has 0 aromatic heterocycles. The van der Waals surface area contributed by atoms with Crippen molar-refractivity contribution in [2.45, 2.75) is 24.4 Å². The number of nitrogens with one attached hydrogen (secondary N) is 2. The predicted octanol–water partition coefficient (Wildman–Crippen LogP) is 2.01. The maximum atomic E-state index is 12.3. The molecule has 0 aliphatic carbocycles.